The second-order valence-electron chi connectivity index (χ2n) is 5.97. The van der Waals surface area contributed by atoms with Crippen molar-refractivity contribution in [3.63, 3.8) is 0 Å². The number of esters is 1. The highest BCUT2D eigenvalue weighted by Crippen LogP contribution is 2.42. The standard InChI is InChI=1S/C14H15F10NO7S/c1-3-25-9(27)11(13(20,21)22,32-8(26)7(2)12(17,18)19)31-6-4-5-10(15,16)14(23,24)33(28,29)30/h2-6H2,1H3,(H,25,27)(H,28,29,30)/p-1. The van der Waals surface area contributed by atoms with E-state index in [0.717, 1.165) is 6.92 Å². The number of rotatable bonds is 11. The van der Waals surface area contributed by atoms with Gasteiger partial charge in [0.1, 0.15) is 5.57 Å². The van der Waals surface area contributed by atoms with E-state index in [4.69, 9.17) is 0 Å². The van der Waals surface area contributed by atoms with Gasteiger partial charge in [0.15, 0.2) is 10.1 Å². The summed E-state index contributed by atoms with van der Waals surface area (Å²) in [7, 11) is -6.91. The van der Waals surface area contributed by atoms with Gasteiger partial charge >= 0.3 is 41.2 Å². The van der Waals surface area contributed by atoms with E-state index in [1.54, 1.807) is 0 Å². The number of likely N-dealkylation sites (N-methyl/N-ethyl adjacent to an activating group) is 1. The van der Waals surface area contributed by atoms with Crippen LogP contribution in [0.1, 0.15) is 19.8 Å². The quantitative estimate of drug-likeness (QED) is 0.109. The second-order valence-corrected chi connectivity index (χ2v) is 7.39. The van der Waals surface area contributed by atoms with Gasteiger partial charge in [-0.3, -0.25) is 4.79 Å². The number of hydrogen-bond donors (Lipinski definition) is 1. The zero-order valence-electron chi connectivity index (χ0n) is 16.1. The van der Waals surface area contributed by atoms with Crippen LogP contribution in [-0.2, 0) is 29.2 Å². The van der Waals surface area contributed by atoms with Gasteiger partial charge < -0.3 is 19.3 Å². The number of ether oxygens (including phenoxy) is 2. The van der Waals surface area contributed by atoms with E-state index in [1.807, 2.05) is 0 Å². The zero-order valence-corrected chi connectivity index (χ0v) is 16.9. The van der Waals surface area contributed by atoms with Crippen LogP contribution in [-0.4, -0.2) is 67.3 Å². The summed E-state index contributed by atoms with van der Waals surface area (Å²) in [5.74, 6) is -15.7. The molecular weight excluding hydrogens is 516 g/mol. The third-order valence-electron chi connectivity index (χ3n) is 3.51. The van der Waals surface area contributed by atoms with Crippen LogP contribution >= 0.6 is 0 Å². The smallest absolute Gasteiger partial charge is 0.466 e. The Bertz CT molecular complexity index is 853. The molecule has 0 radical (unpaired) electrons. The Kier molecular flexibility index (Phi) is 9.35. The minimum absolute atomic E-state index is 0.635. The Morgan fingerprint density at radius 1 is 1.00 bits per heavy atom. The number of hydrogen-bond acceptors (Lipinski definition) is 7. The summed E-state index contributed by atoms with van der Waals surface area (Å²) >= 11 is 0. The van der Waals surface area contributed by atoms with E-state index in [2.05, 4.69) is 16.1 Å². The summed E-state index contributed by atoms with van der Waals surface area (Å²) in [6, 6.07) is 0. The van der Waals surface area contributed by atoms with Crippen molar-refractivity contribution in [1.82, 2.24) is 5.32 Å². The molecule has 1 amide bonds. The molecule has 0 bridgehead atoms. The number of carbonyl (C=O) groups is 2. The van der Waals surface area contributed by atoms with E-state index in [9.17, 15) is 66.5 Å². The van der Waals surface area contributed by atoms with Crippen molar-refractivity contribution in [3.05, 3.63) is 12.2 Å². The third kappa shape index (κ3) is 6.92. The van der Waals surface area contributed by atoms with E-state index >= 15 is 0 Å². The highest BCUT2D eigenvalue weighted by Gasteiger charge is 2.67. The first kappa shape index (κ1) is 30.9. The van der Waals surface area contributed by atoms with E-state index in [1.165, 1.54) is 5.32 Å². The van der Waals surface area contributed by atoms with Crippen LogP contribution in [0.5, 0.6) is 0 Å². The summed E-state index contributed by atoms with van der Waals surface area (Å²) in [4.78, 5) is 23.3. The molecule has 1 N–H and O–H groups in total. The lowest BCUT2D eigenvalue weighted by molar-refractivity contribution is -0.348. The van der Waals surface area contributed by atoms with Crippen LogP contribution in [0, 0.1) is 0 Å². The van der Waals surface area contributed by atoms with Crippen LogP contribution < -0.4 is 5.32 Å². The monoisotopic (exact) mass is 530 g/mol. The minimum Gasteiger partial charge on any atom is -0.743 e. The van der Waals surface area contributed by atoms with Gasteiger partial charge in [0, 0.05) is 13.0 Å². The third-order valence-corrected chi connectivity index (χ3v) is 4.44. The van der Waals surface area contributed by atoms with Gasteiger partial charge in [0.05, 0.1) is 6.61 Å². The van der Waals surface area contributed by atoms with Crippen molar-refractivity contribution in [2.45, 2.75) is 49.1 Å². The highest BCUT2D eigenvalue weighted by molar-refractivity contribution is 7.86. The molecule has 0 aromatic rings. The Balaban J connectivity index is 5.89. The first-order chi connectivity index (χ1) is 14.5. The van der Waals surface area contributed by atoms with Crippen molar-refractivity contribution in [2.75, 3.05) is 13.2 Å². The fraction of sp³-hybridized carbons (Fsp3) is 0.714. The number of carbonyl (C=O) groups excluding carboxylic acids is 2. The second kappa shape index (κ2) is 10.00. The Hall–Kier alpha value is -2.15. The zero-order chi connectivity index (χ0) is 26.7. The maximum atomic E-state index is 13.5. The molecule has 0 saturated carbocycles. The molecule has 0 saturated heterocycles. The predicted molar refractivity (Wildman–Crippen MR) is 83.5 cm³/mol. The molecule has 19 heteroatoms. The molecule has 0 aliphatic carbocycles. The molecule has 0 aliphatic heterocycles. The van der Waals surface area contributed by atoms with E-state index < -0.39 is 82.9 Å². The number of halogens is 10. The maximum Gasteiger partial charge on any atom is 0.466 e. The average Bonchev–Trinajstić information content (AvgIpc) is 2.60. The fourth-order valence-corrected chi connectivity index (χ4v) is 2.30. The molecule has 1 unspecified atom stereocenters. The Morgan fingerprint density at radius 3 is 1.85 bits per heavy atom. The van der Waals surface area contributed by atoms with Crippen LogP contribution in [0.2, 0.25) is 0 Å². The molecule has 0 aromatic carbocycles. The van der Waals surface area contributed by atoms with Crippen molar-refractivity contribution in [2.24, 2.45) is 0 Å². The van der Waals surface area contributed by atoms with Gasteiger partial charge in [-0.25, -0.2) is 13.2 Å². The van der Waals surface area contributed by atoms with Gasteiger partial charge in [-0.1, -0.05) is 6.58 Å². The Morgan fingerprint density at radius 2 is 1.48 bits per heavy atom. The molecule has 0 heterocycles. The van der Waals surface area contributed by atoms with Crippen molar-refractivity contribution >= 4 is 22.0 Å². The molecule has 8 nitrogen and oxygen atoms in total. The van der Waals surface area contributed by atoms with Crippen LogP contribution in [0.15, 0.2) is 12.2 Å². The predicted octanol–water partition coefficient (Wildman–Crippen LogP) is 2.61. The summed E-state index contributed by atoms with van der Waals surface area (Å²) in [5, 5.41) is -4.77. The molecule has 194 valence electrons. The van der Waals surface area contributed by atoms with Gasteiger partial charge in [0.25, 0.3) is 0 Å². The van der Waals surface area contributed by atoms with Crippen LogP contribution in [0.4, 0.5) is 43.9 Å². The molecule has 0 aromatic heterocycles. The lowest BCUT2D eigenvalue weighted by Crippen LogP contribution is -2.62. The molecule has 0 rings (SSSR count). The summed E-state index contributed by atoms with van der Waals surface area (Å²) in [6.07, 6.45) is -15.7. The number of amides is 1. The van der Waals surface area contributed by atoms with Crippen molar-refractivity contribution in [3.8, 4) is 0 Å². The first-order valence-electron chi connectivity index (χ1n) is 8.17. The van der Waals surface area contributed by atoms with Gasteiger partial charge in [-0.2, -0.15) is 43.9 Å². The lowest BCUT2D eigenvalue weighted by Gasteiger charge is -2.33. The number of alkyl halides is 10. The normalized spacial score (nSPS) is 15.5. The van der Waals surface area contributed by atoms with E-state index in [-0.39, 0.29) is 0 Å². The van der Waals surface area contributed by atoms with Gasteiger partial charge in [0.2, 0.25) is 0 Å². The molecule has 0 aliphatic rings. The van der Waals surface area contributed by atoms with Gasteiger partial charge in [-0.05, 0) is 13.3 Å². The highest BCUT2D eigenvalue weighted by atomic mass is 32.2. The molecular formula is C14H14F10NO7S-. The van der Waals surface area contributed by atoms with Gasteiger partial charge in [-0.15, -0.1) is 0 Å². The maximum absolute atomic E-state index is 13.5. The lowest BCUT2D eigenvalue weighted by atomic mass is 10.2. The number of nitrogens with one attached hydrogen (secondary N) is 1. The van der Waals surface area contributed by atoms with Crippen LogP contribution in [0.3, 0.4) is 0 Å². The fourth-order valence-electron chi connectivity index (χ4n) is 1.83. The Labute approximate surface area is 178 Å². The SMILES string of the molecule is C=C(C(=O)OC(OCCCC(F)(F)C(F)(F)S(=O)(=O)[O-])(C(=O)NCC)C(F)(F)F)C(F)(F)F. The molecule has 33 heavy (non-hydrogen) atoms. The van der Waals surface area contributed by atoms with Crippen LogP contribution in [0.25, 0.3) is 0 Å². The van der Waals surface area contributed by atoms with E-state index in [0.29, 0.717) is 0 Å². The molecule has 0 spiro atoms. The summed E-state index contributed by atoms with van der Waals surface area (Å²) in [5.41, 5.74) is -2.52. The molecule has 1 atom stereocenters. The summed E-state index contributed by atoms with van der Waals surface area (Å²) < 4.78 is 169. The minimum atomic E-state index is -6.91. The van der Waals surface area contributed by atoms with Crippen molar-refractivity contribution in [1.29, 1.82) is 0 Å². The largest absolute Gasteiger partial charge is 0.743 e. The molecule has 0 fully saturated rings. The average molecular weight is 530 g/mol. The first-order valence-corrected chi connectivity index (χ1v) is 9.58. The topological polar surface area (TPSA) is 122 Å². The van der Waals surface area contributed by atoms with Crippen molar-refractivity contribution < 1.29 is 75.9 Å². The summed E-state index contributed by atoms with van der Waals surface area (Å²) in [6.45, 7) is 0.720.